The lowest BCUT2D eigenvalue weighted by atomic mass is 10.1. The fourth-order valence-corrected chi connectivity index (χ4v) is 1.42. The highest BCUT2D eigenvalue weighted by Gasteiger charge is 2.29. The Kier molecular flexibility index (Phi) is 8.59. The number of halogens is 4. The molecule has 0 saturated heterocycles. The molecule has 0 unspecified atom stereocenters. The number of nitrogens with one attached hydrogen (secondary N) is 1. The molecule has 0 atom stereocenters. The fraction of sp³-hybridized carbons (Fsp3) is 0.462. The predicted octanol–water partition coefficient (Wildman–Crippen LogP) is 3.53. The zero-order chi connectivity index (χ0) is 14.3. The first kappa shape index (κ1) is 19.0. The molecule has 0 aromatic heterocycles. The Morgan fingerprint density at radius 1 is 1.25 bits per heavy atom. The summed E-state index contributed by atoms with van der Waals surface area (Å²) in [6.45, 7) is 3.08. The van der Waals surface area contributed by atoms with Crippen LogP contribution in [0.4, 0.5) is 13.2 Å². The van der Waals surface area contributed by atoms with Crippen molar-refractivity contribution >= 4 is 29.9 Å². The van der Waals surface area contributed by atoms with Crippen molar-refractivity contribution in [1.82, 2.24) is 5.32 Å². The van der Waals surface area contributed by atoms with Gasteiger partial charge in [-0.2, -0.15) is 13.2 Å². The fourth-order valence-electron chi connectivity index (χ4n) is 1.42. The van der Waals surface area contributed by atoms with E-state index in [0.717, 1.165) is 31.5 Å². The molecule has 0 aliphatic rings. The molecule has 1 aromatic rings. The molecule has 3 N–H and O–H groups in total. The van der Waals surface area contributed by atoms with Gasteiger partial charge in [0.15, 0.2) is 5.96 Å². The first-order valence-electron chi connectivity index (χ1n) is 6.13. The number of hydrogen-bond acceptors (Lipinski definition) is 1. The van der Waals surface area contributed by atoms with Gasteiger partial charge in [0.2, 0.25) is 0 Å². The second-order valence-corrected chi connectivity index (χ2v) is 4.18. The number of guanidine groups is 1. The number of hydrogen-bond donors (Lipinski definition) is 2. The van der Waals surface area contributed by atoms with Gasteiger partial charge in [0, 0.05) is 6.54 Å². The molecule has 7 heteroatoms. The van der Waals surface area contributed by atoms with Crippen molar-refractivity contribution in [2.75, 3.05) is 6.54 Å². The van der Waals surface area contributed by atoms with Gasteiger partial charge in [-0.05, 0) is 24.1 Å². The van der Waals surface area contributed by atoms with E-state index < -0.39 is 11.7 Å². The highest BCUT2D eigenvalue weighted by atomic mass is 127. The third-order valence-corrected chi connectivity index (χ3v) is 2.55. The molecule has 0 bridgehead atoms. The lowest BCUT2D eigenvalue weighted by Crippen LogP contribution is -2.32. The first-order valence-corrected chi connectivity index (χ1v) is 6.13. The van der Waals surface area contributed by atoms with Crippen LogP contribution >= 0.6 is 24.0 Å². The summed E-state index contributed by atoms with van der Waals surface area (Å²) in [5.41, 5.74) is 5.65. The molecule has 1 aromatic carbocycles. The second kappa shape index (κ2) is 9.04. The zero-order valence-corrected chi connectivity index (χ0v) is 13.5. The number of aliphatic imine (C=N–C) groups is 1. The van der Waals surface area contributed by atoms with E-state index in [-0.39, 0.29) is 30.5 Å². The van der Waals surface area contributed by atoms with Crippen molar-refractivity contribution in [3.05, 3.63) is 35.4 Å². The highest BCUT2D eigenvalue weighted by Crippen LogP contribution is 2.29. The Bertz CT molecular complexity index is 416. The predicted molar refractivity (Wildman–Crippen MR) is 85.1 cm³/mol. The maximum Gasteiger partial charge on any atom is 0.416 e. The third-order valence-electron chi connectivity index (χ3n) is 2.55. The number of alkyl halides is 3. The molecule has 20 heavy (non-hydrogen) atoms. The standard InChI is InChI=1S/C13H18F3N3.HI/c1-2-3-8-18-12(17)19-9-10-4-6-11(7-5-10)13(14,15)16;/h4-7H,2-3,8-9H2,1H3,(H3,17,18,19);1H. The van der Waals surface area contributed by atoms with E-state index in [4.69, 9.17) is 5.73 Å². The van der Waals surface area contributed by atoms with Crippen molar-refractivity contribution < 1.29 is 13.2 Å². The summed E-state index contributed by atoms with van der Waals surface area (Å²) in [5, 5.41) is 2.94. The summed E-state index contributed by atoms with van der Waals surface area (Å²) < 4.78 is 37.0. The monoisotopic (exact) mass is 401 g/mol. The summed E-state index contributed by atoms with van der Waals surface area (Å²) in [4.78, 5) is 4.06. The SMILES string of the molecule is CCCCNC(N)=NCc1ccc(C(F)(F)F)cc1.I. The van der Waals surface area contributed by atoms with Crippen LogP contribution in [0.2, 0.25) is 0 Å². The van der Waals surface area contributed by atoms with Crippen molar-refractivity contribution in [2.24, 2.45) is 10.7 Å². The first-order chi connectivity index (χ1) is 8.93. The van der Waals surface area contributed by atoms with Gasteiger partial charge < -0.3 is 11.1 Å². The van der Waals surface area contributed by atoms with Crippen molar-refractivity contribution in [3.8, 4) is 0 Å². The Hall–Kier alpha value is -0.990. The summed E-state index contributed by atoms with van der Waals surface area (Å²) in [6, 6.07) is 4.91. The van der Waals surface area contributed by atoms with E-state index in [2.05, 4.69) is 17.2 Å². The van der Waals surface area contributed by atoms with Gasteiger partial charge in [-0.1, -0.05) is 25.5 Å². The van der Waals surface area contributed by atoms with Crippen LogP contribution in [0.3, 0.4) is 0 Å². The summed E-state index contributed by atoms with van der Waals surface area (Å²) in [5.74, 6) is 0.313. The van der Waals surface area contributed by atoms with Crippen molar-refractivity contribution in [2.45, 2.75) is 32.5 Å². The minimum atomic E-state index is -4.30. The van der Waals surface area contributed by atoms with E-state index >= 15 is 0 Å². The van der Waals surface area contributed by atoms with E-state index in [1.807, 2.05) is 0 Å². The zero-order valence-electron chi connectivity index (χ0n) is 11.2. The molecule has 0 amide bonds. The Balaban J connectivity index is 0.00000361. The molecule has 0 aliphatic heterocycles. The Labute approximate surface area is 133 Å². The van der Waals surface area contributed by atoms with Gasteiger partial charge in [0.25, 0.3) is 0 Å². The lowest BCUT2D eigenvalue weighted by molar-refractivity contribution is -0.137. The molecule has 114 valence electrons. The Morgan fingerprint density at radius 2 is 1.85 bits per heavy atom. The van der Waals surface area contributed by atoms with Gasteiger partial charge in [-0.3, -0.25) is 0 Å². The molecule has 0 aliphatic carbocycles. The van der Waals surface area contributed by atoms with E-state index in [9.17, 15) is 13.2 Å². The molecule has 0 radical (unpaired) electrons. The average Bonchev–Trinajstić information content (AvgIpc) is 2.36. The molecule has 0 saturated carbocycles. The molecule has 3 nitrogen and oxygen atoms in total. The van der Waals surface area contributed by atoms with Gasteiger partial charge in [0.1, 0.15) is 0 Å². The Morgan fingerprint density at radius 3 is 2.35 bits per heavy atom. The van der Waals surface area contributed by atoms with Gasteiger partial charge in [-0.15, -0.1) is 24.0 Å². The summed E-state index contributed by atoms with van der Waals surface area (Å²) in [6.07, 6.45) is -2.25. The number of nitrogens with zero attached hydrogens (tertiary/aromatic N) is 1. The minimum absolute atomic E-state index is 0. The maximum absolute atomic E-state index is 12.3. The summed E-state index contributed by atoms with van der Waals surface area (Å²) >= 11 is 0. The number of benzene rings is 1. The summed E-state index contributed by atoms with van der Waals surface area (Å²) in [7, 11) is 0. The lowest BCUT2D eigenvalue weighted by Gasteiger charge is -2.07. The molecule has 1 rings (SSSR count). The van der Waals surface area contributed by atoms with Crippen LogP contribution < -0.4 is 11.1 Å². The topological polar surface area (TPSA) is 50.4 Å². The van der Waals surface area contributed by atoms with E-state index in [1.165, 1.54) is 12.1 Å². The van der Waals surface area contributed by atoms with Crippen LogP contribution in [0.1, 0.15) is 30.9 Å². The van der Waals surface area contributed by atoms with Gasteiger partial charge >= 0.3 is 6.18 Å². The smallest absolute Gasteiger partial charge is 0.370 e. The highest BCUT2D eigenvalue weighted by molar-refractivity contribution is 14.0. The normalized spacial score (nSPS) is 11.9. The van der Waals surface area contributed by atoms with Crippen LogP contribution in [0.25, 0.3) is 0 Å². The minimum Gasteiger partial charge on any atom is -0.370 e. The van der Waals surface area contributed by atoms with Crippen molar-refractivity contribution in [1.29, 1.82) is 0 Å². The molecule has 0 heterocycles. The van der Waals surface area contributed by atoms with Gasteiger partial charge in [-0.25, -0.2) is 4.99 Å². The molecule has 0 fully saturated rings. The van der Waals surface area contributed by atoms with E-state index in [0.29, 0.717) is 11.5 Å². The number of unbranched alkanes of at least 4 members (excludes halogenated alkanes) is 1. The quantitative estimate of drug-likeness (QED) is 0.343. The van der Waals surface area contributed by atoms with Crippen LogP contribution in [0.15, 0.2) is 29.3 Å². The van der Waals surface area contributed by atoms with Crippen LogP contribution in [-0.4, -0.2) is 12.5 Å². The average molecular weight is 401 g/mol. The number of nitrogens with two attached hydrogens (primary N) is 1. The van der Waals surface area contributed by atoms with Gasteiger partial charge in [0.05, 0.1) is 12.1 Å². The third kappa shape index (κ3) is 6.97. The van der Waals surface area contributed by atoms with Crippen LogP contribution in [0, 0.1) is 0 Å². The van der Waals surface area contributed by atoms with Crippen LogP contribution in [-0.2, 0) is 12.7 Å². The maximum atomic E-state index is 12.3. The molecular formula is C13H19F3IN3. The van der Waals surface area contributed by atoms with E-state index in [1.54, 1.807) is 0 Å². The van der Waals surface area contributed by atoms with Crippen LogP contribution in [0.5, 0.6) is 0 Å². The molecular weight excluding hydrogens is 382 g/mol. The molecule has 0 spiro atoms. The largest absolute Gasteiger partial charge is 0.416 e. The second-order valence-electron chi connectivity index (χ2n) is 4.18. The number of rotatable bonds is 5. The van der Waals surface area contributed by atoms with Crippen molar-refractivity contribution in [3.63, 3.8) is 0 Å².